The lowest BCUT2D eigenvalue weighted by Crippen LogP contribution is -2.44. The first kappa shape index (κ1) is 17.3. The highest BCUT2D eigenvalue weighted by Crippen LogP contribution is 2.29. The molecule has 6 heteroatoms. The van der Waals surface area contributed by atoms with E-state index in [-0.39, 0.29) is 23.8 Å². The number of nitrogens with zero attached hydrogens (tertiary/aromatic N) is 2. The van der Waals surface area contributed by atoms with E-state index in [0.29, 0.717) is 13.0 Å². The van der Waals surface area contributed by atoms with Crippen LogP contribution >= 0.6 is 11.8 Å². The SMILES string of the molecule is CNCC1CCCN1C(=O)C1CC(=O)N(c2ccc(SC)cc2)C1. The molecule has 0 aromatic heterocycles. The first-order chi connectivity index (χ1) is 11.6. The van der Waals surface area contributed by atoms with E-state index in [0.717, 1.165) is 31.6 Å². The van der Waals surface area contributed by atoms with Crippen molar-refractivity contribution < 1.29 is 9.59 Å². The Bertz CT molecular complexity index is 605. The van der Waals surface area contributed by atoms with Crippen molar-refractivity contribution in [2.45, 2.75) is 30.2 Å². The van der Waals surface area contributed by atoms with Gasteiger partial charge in [0, 0.05) is 42.7 Å². The highest BCUT2D eigenvalue weighted by atomic mass is 32.2. The summed E-state index contributed by atoms with van der Waals surface area (Å²) in [6.45, 7) is 2.14. The summed E-state index contributed by atoms with van der Waals surface area (Å²) < 4.78 is 0. The summed E-state index contributed by atoms with van der Waals surface area (Å²) in [6, 6.07) is 8.25. The molecule has 0 saturated carbocycles. The van der Waals surface area contributed by atoms with Gasteiger partial charge >= 0.3 is 0 Å². The molecule has 2 atom stereocenters. The fourth-order valence-corrected chi connectivity index (χ4v) is 4.10. The van der Waals surface area contributed by atoms with Crippen molar-refractivity contribution in [2.24, 2.45) is 5.92 Å². The Morgan fingerprint density at radius 2 is 2.08 bits per heavy atom. The smallest absolute Gasteiger partial charge is 0.228 e. The normalized spacial score (nSPS) is 24.0. The lowest BCUT2D eigenvalue weighted by Gasteiger charge is -2.27. The predicted molar refractivity (Wildman–Crippen MR) is 97.3 cm³/mol. The fourth-order valence-electron chi connectivity index (χ4n) is 3.69. The predicted octanol–water partition coefficient (Wildman–Crippen LogP) is 1.97. The van der Waals surface area contributed by atoms with Crippen LogP contribution in [-0.4, -0.2) is 55.7 Å². The van der Waals surface area contributed by atoms with Gasteiger partial charge in [0.25, 0.3) is 0 Å². The molecule has 1 N–H and O–H groups in total. The minimum atomic E-state index is -0.213. The topological polar surface area (TPSA) is 52.7 Å². The van der Waals surface area contributed by atoms with E-state index < -0.39 is 0 Å². The van der Waals surface area contributed by atoms with Crippen LogP contribution in [0.3, 0.4) is 0 Å². The first-order valence-electron chi connectivity index (χ1n) is 8.53. The number of likely N-dealkylation sites (tertiary alicyclic amines) is 1. The van der Waals surface area contributed by atoms with Crippen molar-refractivity contribution in [1.29, 1.82) is 0 Å². The summed E-state index contributed by atoms with van der Waals surface area (Å²) in [7, 11) is 1.92. The monoisotopic (exact) mass is 347 g/mol. The maximum absolute atomic E-state index is 12.9. The van der Waals surface area contributed by atoms with Gasteiger partial charge in [-0.05, 0) is 50.4 Å². The largest absolute Gasteiger partial charge is 0.338 e. The number of benzene rings is 1. The van der Waals surface area contributed by atoms with E-state index in [1.807, 2.05) is 42.5 Å². The molecule has 2 aliphatic rings. The van der Waals surface area contributed by atoms with Crippen LogP contribution in [0.25, 0.3) is 0 Å². The van der Waals surface area contributed by atoms with Gasteiger partial charge < -0.3 is 15.1 Å². The summed E-state index contributed by atoms with van der Waals surface area (Å²) in [6.07, 6.45) is 4.46. The summed E-state index contributed by atoms with van der Waals surface area (Å²) in [5.41, 5.74) is 0.890. The molecule has 1 aromatic carbocycles. The second-order valence-electron chi connectivity index (χ2n) is 6.49. The lowest BCUT2D eigenvalue weighted by atomic mass is 10.1. The molecule has 0 aliphatic carbocycles. The molecular formula is C18H25N3O2S. The molecule has 0 radical (unpaired) electrons. The number of hydrogen-bond donors (Lipinski definition) is 1. The summed E-state index contributed by atoms with van der Waals surface area (Å²) >= 11 is 1.68. The number of anilines is 1. The van der Waals surface area contributed by atoms with Gasteiger partial charge in [-0.2, -0.15) is 0 Å². The van der Waals surface area contributed by atoms with Gasteiger partial charge in [0.1, 0.15) is 0 Å². The van der Waals surface area contributed by atoms with Crippen molar-refractivity contribution in [3.05, 3.63) is 24.3 Å². The van der Waals surface area contributed by atoms with Gasteiger partial charge in [0.15, 0.2) is 0 Å². The van der Waals surface area contributed by atoms with Gasteiger partial charge in [0.05, 0.1) is 5.92 Å². The Morgan fingerprint density at radius 3 is 2.75 bits per heavy atom. The second kappa shape index (κ2) is 7.57. The average molecular weight is 347 g/mol. The van der Waals surface area contributed by atoms with E-state index in [1.165, 1.54) is 4.90 Å². The van der Waals surface area contributed by atoms with Crippen molar-refractivity contribution in [3.8, 4) is 0 Å². The molecule has 2 unspecified atom stereocenters. The van der Waals surface area contributed by atoms with Crippen LogP contribution in [-0.2, 0) is 9.59 Å². The third-order valence-corrected chi connectivity index (χ3v) is 5.70. The van der Waals surface area contributed by atoms with Gasteiger partial charge in [-0.3, -0.25) is 9.59 Å². The number of rotatable bonds is 5. The maximum Gasteiger partial charge on any atom is 0.228 e. The van der Waals surface area contributed by atoms with Crippen molar-refractivity contribution in [2.75, 3.05) is 37.8 Å². The van der Waals surface area contributed by atoms with E-state index in [4.69, 9.17) is 0 Å². The highest BCUT2D eigenvalue weighted by Gasteiger charge is 2.40. The van der Waals surface area contributed by atoms with Crippen LogP contribution in [0.2, 0.25) is 0 Å². The summed E-state index contributed by atoms with van der Waals surface area (Å²) in [4.78, 5) is 30.2. The lowest BCUT2D eigenvalue weighted by molar-refractivity contribution is -0.136. The van der Waals surface area contributed by atoms with Gasteiger partial charge in [-0.15, -0.1) is 11.8 Å². The second-order valence-corrected chi connectivity index (χ2v) is 7.37. The zero-order valence-corrected chi connectivity index (χ0v) is 15.1. The van der Waals surface area contributed by atoms with Crippen molar-refractivity contribution in [3.63, 3.8) is 0 Å². The number of likely N-dealkylation sites (N-methyl/N-ethyl adjacent to an activating group) is 1. The van der Waals surface area contributed by atoms with E-state index >= 15 is 0 Å². The molecule has 2 saturated heterocycles. The third kappa shape index (κ3) is 3.44. The quantitative estimate of drug-likeness (QED) is 0.828. The number of amides is 2. The Labute approximate surface area is 147 Å². The number of hydrogen-bond acceptors (Lipinski definition) is 4. The van der Waals surface area contributed by atoms with Crippen LogP contribution in [0.5, 0.6) is 0 Å². The minimum Gasteiger partial charge on any atom is -0.338 e. The zero-order chi connectivity index (χ0) is 17.1. The van der Waals surface area contributed by atoms with E-state index in [1.54, 1.807) is 16.7 Å². The Kier molecular flexibility index (Phi) is 5.46. The van der Waals surface area contributed by atoms with Crippen LogP contribution < -0.4 is 10.2 Å². The van der Waals surface area contributed by atoms with Crippen LogP contribution in [0.1, 0.15) is 19.3 Å². The molecule has 2 heterocycles. The molecule has 0 spiro atoms. The minimum absolute atomic E-state index is 0.0506. The number of thioether (sulfide) groups is 1. The molecule has 2 amide bonds. The maximum atomic E-state index is 12.9. The molecule has 1 aromatic rings. The number of carbonyl (C=O) groups excluding carboxylic acids is 2. The third-order valence-electron chi connectivity index (χ3n) is 4.96. The van der Waals surface area contributed by atoms with Gasteiger partial charge in [-0.25, -0.2) is 0 Å². The molecule has 130 valence electrons. The Morgan fingerprint density at radius 1 is 1.33 bits per heavy atom. The first-order valence-corrected chi connectivity index (χ1v) is 9.76. The van der Waals surface area contributed by atoms with Gasteiger partial charge in [0.2, 0.25) is 11.8 Å². The molecular weight excluding hydrogens is 322 g/mol. The van der Waals surface area contributed by atoms with Crippen molar-refractivity contribution in [1.82, 2.24) is 10.2 Å². The Balaban J connectivity index is 1.68. The number of nitrogens with one attached hydrogen (secondary N) is 1. The molecule has 2 fully saturated rings. The van der Waals surface area contributed by atoms with Crippen molar-refractivity contribution >= 4 is 29.3 Å². The number of carbonyl (C=O) groups is 2. The molecule has 5 nitrogen and oxygen atoms in total. The molecule has 2 aliphatic heterocycles. The summed E-state index contributed by atoms with van der Waals surface area (Å²) in [5, 5.41) is 3.17. The van der Waals surface area contributed by atoms with Crippen LogP contribution in [0, 0.1) is 5.92 Å². The highest BCUT2D eigenvalue weighted by molar-refractivity contribution is 7.98. The Hall–Kier alpha value is -1.53. The van der Waals surface area contributed by atoms with E-state index in [9.17, 15) is 9.59 Å². The fraction of sp³-hybridized carbons (Fsp3) is 0.556. The molecule has 0 bridgehead atoms. The van der Waals surface area contributed by atoms with Gasteiger partial charge in [-0.1, -0.05) is 0 Å². The van der Waals surface area contributed by atoms with Crippen LogP contribution in [0.4, 0.5) is 5.69 Å². The van der Waals surface area contributed by atoms with E-state index in [2.05, 4.69) is 5.32 Å². The standard InChI is InChI=1S/C18H25N3O2S/c1-19-11-15-4-3-9-20(15)18(23)13-10-17(22)21(12-13)14-5-7-16(24-2)8-6-14/h5-8,13,15,19H,3-4,9-12H2,1-2H3. The van der Waals surface area contributed by atoms with Crippen LogP contribution in [0.15, 0.2) is 29.2 Å². The summed E-state index contributed by atoms with van der Waals surface area (Å²) in [5.74, 6) is -0.0193. The molecule has 24 heavy (non-hydrogen) atoms. The zero-order valence-electron chi connectivity index (χ0n) is 14.3. The molecule has 3 rings (SSSR count). The average Bonchev–Trinajstić information content (AvgIpc) is 3.21.